The summed E-state index contributed by atoms with van der Waals surface area (Å²) in [6.45, 7) is 2.46. The van der Waals surface area contributed by atoms with E-state index in [0.29, 0.717) is 48.2 Å². The van der Waals surface area contributed by atoms with Crippen molar-refractivity contribution >= 4 is 74.7 Å². The van der Waals surface area contributed by atoms with Gasteiger partial charge in [-0.3, -0.25) is 14.9 Å². The number of nitrogens with zero attached hydrogens (tertiary/aromatic N) is 2. The average molecular weight is 595 g/mol. The first kappa shape index (κ1) is 23.5. The molecular weight excluding hydrogens is 575 g/mol. The zero-order valence-corrected chi connectivity index (χ0v) is 21.1. The summed E-state index contributed by atoms with van der Waals surface area (Å²) in [7, 11) is 0. The van der Waals surface area contributed by atoms with Crippen LogP contribution in [0, 0.1) is 3.57 Å². The van der Waals surface area contributed by atoms with Gasteiger partial charge in [-0.05, 0) is 83.3 Å². The highest BCUT2D eigenvalue weighted by Crippen LogP contribution is 2.30. The minimum atomic E-state index is -0.282. The summed E-state index contributed by atoms with van der Waals surface area (Å²) in [5.74, 6) is -0.0382. The third kappa shape index (κ3) is 5.84. The Balaban J connectivity index is 1.33. The second-order valence-electron chi connectivity index (χ2n) is 7.34. The maximum absolute atomic E-state index is 12.4. The Morgan fingerprint density at radius 2 is 1.82 bits per heavy atom. The van der Waals surface area contributed by atoms with Crippen molar-refractivity contribution in [2.45, 2.75) is 0 Å². The standard InChI is InChI=1S/C23H20ClIN4O3S/c24-18-14-17(26-23(33)27-21(30)15-3-1-4-16(25)13-15)6-7-19(18)28-8-10-29(11-9-28)22(31)20-5-2-12-32-20/h1-7,12-14H,8-11H2,(H2,26,27,30,33). The van der Waals surface area contributed by atoms with Crippen LogP contribution in [0.3, 0.4) is 0 Å². The Hall–Kier alpha value is -2.63. The molecule has 7 nitrogen and oxygen atoms in total. The molecule has 2 N–H and O–H groups in total. The van der Waals surface area contributed by atoms with Gasteiger partial charge >= 0.3 is 0 Å². The largest absolute Gasteiger partial charge is 0.459 e. The van der Waals surface area contributed by atoms with Crippen molar-refractivity contribution in [1.82, 2.24) is 10.2 Å². The monoisotopic (exact) mass is 594 g/mol. The van der Waals surface area contributed by atoms with E-state index in [2.05, 4.69) is 38.1 Å². The molecule has 2 heterocycles. The van der Waals surface area contributed by atoms with Crippen LogP contribution >= 0.6 is 46.4 Å². The number of carbonyl (C=O) groups excluding carboxylic acids is 2. The van der Waals surface area contributed by atoms with Crippen molar-refractivity contribution in [1.29, 1.82) is 0 Å². The third-order valence-electron chi connectivity index (χ3n) is 5.16. The van der Waals surface area contributed by atoms with Crippen LogP contribution in [-0.4, -0.2) is 48.0 Å². The Labute approximate surface area is 215 Å². The van der Waals surface area contributed by atoms with E-state index < -0.39 is 0 Å². The number of nitrogens with one attached hydrogen (secondary N) is 2. The number of hydrogen-bond acceptors (Lipinski definition) is 5. The van der Waals surface area contributed by atoms with Gasteiger partial charge in [0, 0.05) is 41.0 Å². The van der Waals surface area contributed by atoms with Crippen molar-refractivity contribution in [3.05, 3.63) is 80.8 Å². The van der Waals surface area contributed by atoms with Crippen LogP contribution in [0.15, 0.2) is 65.3 Å². The maximum atomic E-state index is 12.4. The first-order valence-electron chi connectivity index (χ1n) is 10.2. The molecule has 1 aromatic heterocycles. The normalized spacial score (nSPS) is 13.5. The van der Waals surface area contributed by atoms with Crippen LogP contribution < -0.4 is 15.5 Å². The molecule has 0 radical (unpaired) electrons. The lowest BCUT2D eigenvalue weighted by Crippen LogP contribution is -2.48. The van der Waals surface area contributed by atoms with E-state index >= 15 is 0 Å². The molecule has 170 valence electrons. The Kier molecular flexibility index (Phi) is 7.51. The predicted octanol–water partition coefficient (Wildman–Crippen LogP) is 4.63. The number of thiocarbonyl (C=S) groups is 1. The van der Waals surface area contributed by atoms with Crippen molar-refractivity contribution in [2.24, 2.45) is 0 Å². The number of benzene rings is 2. The molecule has 1 aliphatic heterocycles. The quantitative estimate of drug-likeness (QED) is 0.339. The summed E-state index contributed by atoms with van der Waals surface area (Å²) in [6, 6.07) is 16.1. The van der Waals surface area contributed by atoms with Gasteiger partial charge in [0.1, 0.15) is 0 Å². The third-order valence-corrected chi connectivity index (χ3v) is 6.34. The molecule has 2 amide bonds. The molecule has 0 unspecified atom stereocenters. The zero-order valence-electron chi connectivity index (χ0n) is 17.4. The van der Waals surface area contributed by atoms with Crippen molar-refractivity contribution < 1.29 is 14.0 Å². The first-order valence-corrected chi connectivity index (χ1v) is 12.0. The van der Waals surface area contributed by atoms with Gasteiger partial charge in [-0.25, -0.2) is 0 Å². The Morgan fingerprint density at radius 3 is 2.48 bits per heavy atom. The number of rotatable bonds is 4. The minimum Gasteiger partial charge on any atom is -0.459 e. The number of halogens is 2. The Morgan fingerprint density at radius 1 is 1.03 bits per heavy atom. The van der Waals surface area contributed by atoms with E-state index in [4.69, 9.17) is 28.2 Å². The van der Waals surface area contributed by atoms with Crippen LogP contribution in [-0.2, 0) is 0 Å². The zero-order chi connectivity index (χ0) is 23.4. The molecule has 0 atom stereocenters. The van der Waals surface area contributed by atoms with Crippen molar-refractivity contribution in [3.63, 3.8) is 0 Å². The molecule has 4 rings (SSSR count). The highest BCUT2D eigenvalue weighted by molar-refractivity contribution is 14.1. The smallest absolute Gasteiger partial charge is 0.289 e. The van der Waals surface area contributed by atoms with Crippen LogP contribution in [0.5, 0.6) is 0 Å². The number of amides is 2. The molecule has 1 aliphatic rings. The number of carbonyl (C=O) groups is 2. The van der Waals surface area contributed by atoms with E-state index in [9.17, 15) is 9.59 Å². The molecule has 1 fully saturated rings. The lowest BCUT2D eigenvalue weighted by atomic mass is 10.2. The molecule has 33 heavy (non-hydrogen) atoms. The molecule has 2 aromatic carbocycles. The van der Waals surface area contributed by atoms with Gasteiger partial charge in [0.25, 0.3) is 11.8 Å². The van der Waals surface area contributed by atoms with Gasteiger partial charge in [-0.1, -0.05) is 17.7 Å². The van der Waals surface area contributed by atoms with Crippen LogP contribution in [0.2, 0.25) is 5.02 Å². The van der Waals surface area contributed by atoms with Gasteiger partial charge in [-0.15, -0.1) is 0 Å². The summed E-state index contributed by atoms with van der Waals surface area (Å²) in [5, 5.41) is 6.41. The van der Waals surface area contributed by atoms with E-state index in [-0.39, 0.29) is 16.9 Å². The molecular formula is C23H20ClIN4O3S. The Bertz CT molecular complexity index is 1180. The number of hydrogen-bond donors (Lipinski definition) is 2. The summed E-state index contributed by atoms with van der Waals surface area (Å²) in [5.41, 5.74) is 2.08. The van der Waals surface area contributed by atoms with Gasteiger partial charge in [-0.2, -0.15) is 0 Å². The predicted molar refractivity (Wildman–Crippen MR) is 141 cm³/mol. The SMILES string of the molecule is O=C(NC(=S)Nc1ccc(N2CCN(C(=O)c3ccco3)CC2)c(Cl)c1)c1cccc(I)c1. The molecule has 0 aliphatic carbocycles. The minimum absolute atomic E-state index is 0.105. The fraction of sp³-hybridized carbons (Fsp3) is 0.174. The second-order valence-corrected chi connectivity index (χ2v) is 9.40. The summed E-state index contributed by atoms with van der Waals surface area (Å²) < 4.78 is 6.17. The molecule has 0 bridgehead atoms. The lowest BCUT2D eigenvalue weighted by molar-refractivity contribution is 0.0714. The number of anilines is 2. The summed E-state index contributed by atoms with van der Waals surface area (Å²) in [6.07, 6.45) is 1.50. The summed E-state index contributed by atoms with van der Waals surface area (Å²) in [4.78, 5) is 28.7. The fourth-order valence-corrected chi connectivity index (χ4v) is 4.57. The molecule has 10 heteroatoms. The second kappa shape index (κ2) is 10.5. The number of furan rings is 1. The molecule has 3 aromatic rings. The number of piperazine rings is 1. The van der Waals surface area contributed by atoms with E-state index in [0.717, 1.165) is 9.26 Å². The van der Waals surface area contributed by atoms with E-state index in [1.807, 2.05) is 24.3 Å². The van der Waals surface area contributed by atoms with E-state index in [1.165, 1.54) is 6.26 Å². The molecule has 1 saturated heterocycles. The van der Waals surface area contributed by atoms with Crippen LogP contribution in [0.25, 0.3) is 0 Å². The van der Waals surface area contributed by atoms with Gasteiger partial charge in [0.15, 0.2) is 10.9 Å². The van der Waals surface area contributed by atoms with Crippen molar-refractivity contribution in [2.75, 3.05) is 36.4 Å². The van der Waals surface area contributed by atoms with Gasteiger partial charge in [0.2, 0.25) is 0 Å². The topological polar surface area (TPSA) is 77.8 Å². The first-order chi connectivity index (χ1) is 15.9. The lowest BCUT2D eigenvalue weighted by Gasteiger charge is -2.36. The fourth-order valence-electron chi connectivity index (χ4n) is 3.51. The molecule has 0 spiro atoms. The average Bonchev–Trinajstić information content (AvgIpc) is 3.34. The van der Waals surface area contributed by atoms with Gasteiger partial charge < -0.3 is 19.5 Å². The highest BCUT2D eigenvalue weighted by Gasteiger charge is 2.24. The maximum Gasteiger partial charge on any atom is 0.289 e. The molecule has 0 saturated carbocycles. The van der Waals surface area contributed by atoms with Crippen LogP contribution in [0.1, 0.15) is 20.9 Å². The highest BCUT2D eigenvalue weighted by atomic mass is 127. The summed E-state index contributed by atoms with van der Waals surface area (Å²) >= 11 is 14.0. The van der Waals surface area contributed by atoms with E-state index in [1.54, 1.807) is 35.2 Å². The van der Waals surface area contributed by atoms with Gasteiger partial charge in [0.05, 0.1) is 17.0 Å². The van der Waals surface area contributed by atoms with Crippen LogP contribution in [0.4, 0.5) is 11.4 Å². The van der Waals surface area contributed by atoms with Crippen molar-refractivity contribution in [3.8, 4) is 0 Å².